The molecule has 2 N–H and O–H groups in total. The number of nitrogens with one attached hydrogen (secondary N) is 2. The molecule has 7 nitrogen and oxygen atoms in total. The summed E-state index contributed by atoms with van der Waals surface area (Å²) in [6.07, 6.45) is 2.77. The van der Waals surface area contributed by atoms with Crippen molar-refractivity contribution in [2.75, 3.05) is 18.4 Å². The Morgan fingerprint density at radius 2 is 2.00 bits per heavy atom. The number of pyridine rings is 1. The van der Waals surface area contributed by atoms with Gasteiger partial charge in [-0.05, 0) is 24.6 Å². The number of fused-ring (bicyclic) bond motifs is 1. The molecular weight excluding hydrogens is 346 g/mol. The molecule has 0 radical (unpaired) electrons. The number of esters is 1. The number of carbonyl (C=O) groups excluding carboxylic acids is 2. The van der Waals surface area contributed by atoms with Gasteiger partial charge < -0.3 is 20.1 Å². The second-order valence-corrected chi connectivity index (χ2v) is 6.22. The van der Waals surface area contributed by atoms with E-state index in [1.54, 1.807) is 19.2 Å². The topological polar surface area (TPSA) is 89.6 Å². The largest absolute Gasteiger partial charge is 0.444 e. The lowest BCUT2D eigenvalue weighted by molar-refractivity contribution is -0.198. The summed E-state index contributed by atoms with van der Waals surface area (Å²) in [4.78, 5) is 28.8. The van der Waals surface area contributed by atoms with E-state index in [0.717, 1.165) is 11.4 Å². The van der Waals surface area contributed by atoms with Crippen molar-refractivity contribution in [1.82, 2.24) is 10.3 Å². The van der Waals surface area contributed by atoms with Crippen LogP contribution in [-0.2, 0) is 20.7 Å². The van der Waals surface area contributed by atoms with E-state index in [4.69, 9.17) is 9.47 Å². The van der Waals surface area contributed by atoms with Crippen LogP contribution in [0.15, 0.2) is 48.7 Å². The molecule has 2 aromatic rings. The molecule has 1 amide bonds. The summed E-state index contributed by atoms with van der Waals surface area (Å²) in [5, 5.41) is 5.99. The highest BCUT2D eigenvalue weighted by Crippen LogP contribution is 2.36. The van der Waals surface area contributed by atoms with Gasteiger partial charge in [0.15, 0.2) is 0 Å². The Morgan fingerprint density at radius 3 is 2.74 bits per heavy atom. The molecule has 3 rings (SSSR count). The fourth-order valence-corrected chi connectivity index (χ4v) is 2.81. The van der Waals surface area contributed by atoms with Crippen LogP contribution in [0.25, 0.3) is 0 Å². The van der Waals surface area contributed by atoms with Crippen molar-refractivity contribution in [1.29, 1.82) is 0 Å². The van der Waals surface area contributed by atoms with Gasteiger partial charge in [-0.25, -0.2) is 4.98 Å². The number of hydrogen-bond acceptors (Lipinski definition) is 6. The zero-order chi connectivity index (χ0) is 19.1. The van der Waals surface area contributed by atoms with Crippen LogP contribution >= 0.6 is 0 Å². The fourth-order valence-electron chi connectivity index (χ4n) is 2.81. The van der Waals surface area contributed by atoms with Crippen LogP contribution in [0.5, 0.6) is 5.75 Å². The van der Waals surface area contributed by atoms with Crippen molar-refractivity contribution in [2.45, 2.75) is 32.0 Å². The SMILES string of the molecule is CCC(=O)OC1(C(=O)NCCCNc2ccccn2)Cc2ccccc2O1. The highest BCUT2D eigenvalue weighted by molar-refractivity contribution is 5.88. The molecule has 7 heteroatoms. The Balaban J connectivity index is 1.55. The molecule has 1 unspecified atom stereocenters. The average Bonchev–Trinajstić information content (AvgIpc) is 3.07. The van der Waals surface area contributed by atoms with Gasteiger partial charge in [0, 0.05) is 31.3 Å². The summed E-state index contributed by atoms with van der Waals surface area (Å²) in [5.41, 5.74) is 0.841. The Kier molecular flexibility index (Phi) is 5.90. The van der Waals surface area contributed by atoms with Crippen LogP contribution in [0.1, 0.15) is 25.3 Å². The van der Waals surface area contributed by atoms with Crippen LogP contribution in [0.4, 0.5) is 5.82 Å². The maximum atomic E-state index is 12.8. The predicted octanol–water partition coefficient (Wildman–Crippen LogP) is 2.28. The molecule has 1 aromatic carbocycles. The van der Waals surface area contributed by atoms with Crippen molar-refractivity contribution in [3.05, 3.63) is 54.2 Å². The Bertz CT molecular complexity index is 770. The maximum Gasteiger partial charge on any atom is 0.338 e. The molecule has 2 heterocycles. The highest BCUT2D eigenvalue weighted by Gasteiger charge is 2.50. The van der Waals surface area contributed by atoms with E-state index >= 15 is 0 Å². The van der Waals surface area contributed by atoms with Gasteiger partial charge in [-0.1, -0.05) is 31.2 Å². The van der Waals surface area contributed by atoms with Crippen molar-refractivity contribution in [3.8, 4) is 5.75 Å². The molecule has 1 aliphatic rings. The molecule has 0 fully saturated rings. The molecule has 0 spiro atoms. The van der Waals surface area contributed by atoms with Gasteiger partial charge in [-0.2, -0.15) is 0 Å². The van der Waals surface area contributed by atoms with Gasteiger partial charge >= 0.3 is 17.7 Å². The molecule has 1 aromatic heterocycles. The van der Waals surface area contributed by atoms with E-state index in [2.05, 4.69) is 15.6 Å². The first-order valence-corrected chi connectivity index (χ1v) is 9.05. The fraction of sp³-hybridized carbons (Fsp3) is 0.350. The van der Waals surface area contributed by atoms with E-state index in [-0.39, 0.29) is 12.8 Å². The smallest absolute Gasteiger partial charge is 0.338 e. The molecule has 1 atom stereocenters. The lowest BCUT2D eigenvalue weighted by Crippen LogP contribution is -2.53. The minimum Gasteiger partial charge on any atom is -0.444 e. The molecule has 27 heavy (non-hydrogen) atoms. The number of anilines is 1. The van der Waals surface area contributed by atoms with Crippen LogP contribution in [-0.4, -0.2) is 35.7 Å². The second-order valence-electron chi connectivity index (χ2n) is 6.22. The number of ether oxygens (including phenoxy) is 2. The van der Waals surface area contributed by atoms with Crippen LogP contribution in [0.3, 0.4) is 0 Å². The number of hydrogen-bond donors (Lipinski definition) is 2. The van der Waals surface area contributed by atoms with E-state index < -0.39 is 17.7 Å². The number of benzene rings is 1. The predicted molar refractivity (Wildman–Crippen MR) is 100 cm³/mol. The first-order chi connectivity index (χ1) is 13.1. The summed E-state index contributed by atoms with van der Waals surface area (Å²) < 4.78 is 11.2. The van der Waals surface area contributed by atoms with Gasteiger partial charge in [-0.15, -0.1) is 0 Å². The second kappa shape index (κ2) is 8.53. The summed E-state index contributed by atoms with van der Waals surface area (Å²) in [5.74, 6) is -1.21. The van der Waals surface area contributed by atoms with E-state index in [9.17, 15) is 9.59 Å². The molecular formula is C20H23N3O4. The first kappa shape index (κ1) is 18.7. The zero-order valence-corrected chi connectivity index (χ0v) is 15.2. The third-order valence-electron chi connectivity index (χ3n) is 4.19. The highest BCUT2D eigenvalue weighted by atomic mass is 16.7. The normalized spacial score (nSPS) is 17.5. The molecule has 0 bridgehead atoms. The summed E-state index contributed by atoms with van der Waals surface area (Å²) in [6.45, 7) is 2.75. The average molecular weight is 369 g/mol. The number of aromatic nitrogens is 1. The number of amides is 1. The quantitative estimate of drug-likeness (QED) is 0.548. The summed E-state index contributed by atoms with van der Waals surface area (Å²) in [7, 11) is 0. The first-order valence-electron chi connectivity index (χ1n) is 9.05. The van der Waals surface area contributed by atoms with E-state index in [0.29, 0.717) is 25.3 Å². The molecule has 142 valence electrons. The van der Waals surface area contributed by atoms with E-state index in [1.165, 1.54) is 0 Å². The minimum absolute atomic E-state index is 0.169. The van der Waals surface area contributed by atoms with Crippen LogP contribution < -0.4 is 15.4 Å². The van der Waals surface area contributed by atoms with Gasteiger partial charge in [0.25, 0.3) is 0 Å². The monoisotopic (exact) mass is 369 g/mol. The molecule has 1 aliphatic heterocycles. The van der Waals surface area contributed by atoms with Crippen LogP contribution in [0.2, 0.25) is 0 Å². The van der Waals surface area contributed by atoms with Crippen LogP contribution in [0, 0.1) is 0 Å². The number of nitrogens with zero attached hydrogens (tertiary/aromatic N) is 1. The standard InChI is InChI=1S/C20H23N3O4/c1-2-18(24)27-20(14-15-8-3-4-9-16(15)26-20)19(25)23-13-7-12-22-17-10-5-6-11-21-17/h3-6,8-11H,2,7,12-14H2,1H3,(H,21,22)(H,23,25). The Hall–Kier alpha value is -3.09. The van der Waals surface area contributed by atoms with Gasteiger partial charge in [-0.3, -0.25) is 9.59 Å². The van der Waals surface area contributed by atoms with Crippen molar-refractivity contribution in [3.63, 3.8) is 0 Å². The molecule has 0 saturated carbocycles. The van der Waals surface area contributed by atoms with Crippen molar-refractivity contribution < 1.29 is 19.1 Å². The lowest BCUT2D eigenvalue weighted by Gasteiger charge is -2.27. The summed E-state index contributed by atoms with van der Waals surface area (Å²) >= 11 is 0. The molecule has 0 aliphatic carbocycles. The summed E-state index contributed by atoms with van der Waals surface area (Å²) in [6, 6.07) is 12.9. The van der Waals surface area contributed by atoms with E-state index in [1.807, 2.05) is 36.4 Å². The third kappa shape index (κ3) is 4.55. The number of carbonyl (C=O) groups is 2. The molecule has 0 saturated heterocycles. The van der Waals surface area contributed by atoms with Crippen molar-refractivity contribution >= 4 is 17.7 Å². The van der Waals surface area contributed by atoms with Crippen molar-refractivity contribution in [2.24, 2.45) is 0 Å². The minimum atomic E-state index is -1.63. The Labute approximate surface area is 158 Å². The number of para-hydroxylation sites is 1. The zero-order valence-electron chi connectivity index (χ0n) is 15.2. The van der Waals surface area contributed by atoms with Gasteiger partial charge in [0.2, 0.25) is 0 Å². The number of rotatable bonds is 8. The maximum absolute atomic E-state index is 12.8. The van der Waals surface area contributed by atoms with Gasteiger partial charge in [0.05, 0.1) is 6.42 Å². The van der Waals surface area contributed by atoms with Gasteiger partial charge in [0.1, 0.15) is 11.6 Å². The lowest BCUT2D eigenvalue weighted by atomic mass is 10.1. The Morgan fingerprint density at radius 1 is 1.19 bits per heavy atom. The third-order valence-corrected chi connectivity index (χ3v) is 4.19.